The van der Waals surface area contributed by atoms with E-state index in [-0.39, 0.29) is 34.7 Å². The van der Waals surface area contributed by atoms with Crippen LogP contribution < -0.4 is 16.0 Å². The molecular formula is C18H20N4O4S2. The molecule has 0 aliphatic carbocycles. The topological polar surface area (TPSA) is 109 Å². The van der Waals surface area contributed by atoms with Gasteiger partial charge in [-0.2, -0.15) is 0 Å². The van der Waals surface area contributed by atoms with Crippen molar-refractivity contribution in [2.24, 2.45) is 0 Å². The molecule has 3 unspecified atom stereocenters. The lowest BCUT2D eigenvalue weighted by Crippen LogP contribution is -2.36. The van der Waals surface area contributed by atoms with Gasteiger partial charge in [0.15, 0.2) is 0 Å². The third-order valence-electron chi connectivity index (χ3n) is 4.03. The van der Waals surface area contributed by atoms with Gasteiger partial charge in [-0.3, -0.25) is 25.2 Å². The number of rotatable bonds is 5. The number of nitrogens with zero attached hydrogens (tertiary/aromatic N) is 1. The number of aromatic nitrogens is 1. The van der Waals surface area contributed by atoms with Crippen LogP contribution in [0, 0.1) is 0 Å². The second-order valence-electron chi connectivity index (χ2n) is 6.01. The molecule has 1 saturated heterocycles. The molecular weight excluding hydrogens is 400 g/mol. The number of thiophene rings is 1. The SMILES string of the molecule is CCOC(=O)NC(=O)c1ccsc1NC(=O)C1SC(c2cccnc2)NC1C. The van der Waals surface area contributed by atoms with Gasteiger partial charge in [0.1, 0.15) is 10.3 Å². The first-order valence-corrected chi connectivity index (χ1v) is 10.5. The number of pyridine rings is 1. The first-order chi connectivity index (χ1) is 13.5. The Balaban J connectivity index is 1.65. The minimum Gasteiger partial charge on any atom is -0.450 e. The number of hydrogen-bond donors (Lipinski definition) is 3. The predicted octanol–water partition coefficient (Wildman–Crippen LogP) is 2.76. The zero-order valence-electron chi connectivity index (χ0n) is 15.3. The number of thioether (sulfide) groups is 1. The van der Waals surface area contributed by atoms with Gasteiger partial charge in [0.25, 0.3) is 5.91 Å². The summed E-state index contributed by atoms with van der Waals surface area (Å²) in [5.74, 6) is -0.822. The van der Waals surface area contributed by atoms with Gasteiger partial charge in [-0.25, -0.2) is 4.79 Å². The Morgan fingerprint density at radius 1 is 1.32 bits per heavy atom. The summed E-state index contributed by atoms with van der Waals surface area (Å²) < 4.78 is 4.71. The smallest absolute Gasteiger partial charge is 0.414 e. The molecule has 3 N–H and O–H groups in total. The maximum Gasteiger partial charge on any atom is 0.414 e. The predicted molar refractivity (Wildman–Crippen MR) is 108 cm³/mol. The molecule has 3 rings (SSSR count). The summed E-state index contributed by atoms with van der Waals surface area (Å²) in [6.45, 7) is 3.75. The number of hydrogen-bond acceptors (Lipinski definition) is 8. The van der Waals surface area contributed by atoms with Gasteiger partial charge in [-0.15, -0.1) is 23.1 Å². The number of ether oxygens (including phenoxy) is 1. The van der Waals surface area contributed by atoms with Crippen LogP contribution in [0.2, 0.25) is 0 Å². The molecule has 1 aliphatic rings. The monoisotopic (exact) mass is 420 g/mol. The molecule has 0 radical (unpaired) electrons. The fourth-order valence-corrected chi connectivity index (χ4v) is 4.89. The Morgan fingerprint density at radius 2 is 2.14 bits per heavy atom. The van der Waals surface area contributed by atoms with E-state index < -0.39 is 12.0 Å². The lowest BCUT2D eigenvalue weighted by Gasteiger charge is -2.14. The quantitative estimate of drug-likeness (QED) is 0.682. The van der Waals surface area contributed by atoms with Crippen LogP contribution >= 0.6 is 23.1 Å². The fraction of sp³-hybridized carbons (Fsp3) is 0.333. The fourth-order valence-electron chi connectivity index (χ4n) is 2.72. The van der Waals surface area contributed by atoms with Crippen molar-refractivity contribution in [1.29, 1.82) is 0 Å². The highest BCUT2D eigenvalue weighted by atomic mass is 32.2. The number of carbonyl (C=O) groups excluding carboxylic acids is 3. The molecule has 3 atom stereocenters. The van der Waals surface area contributed by atoms with Crippen molar-refractivity contribution in [1.82, 2.24) is 15.6 Å². The molecule has 8 nitrogen and oxygen atoms in total. The third kappa shape index (κ3) is 4.70. The number of nitrogens with one attached hydrogen (secondary N) is 3. The highest BCUT2D eigenvalue weighted by molar-refractivity contribution is 8.01. The van der Waals surface area contributed by atoms with E-state index in [1.165, 1.54) is 23.1 Å². The van der Waals surface area contributed by atoms with Crippen LogP contribution in [0.25, 0.3) is 0 Å². The standard InChI is InChI=1S/C18H20N4O4S2/c1-3-26-18(25)22-14(23)12-6-8-27-17(12)21-15(24)13-10(2)20-16(28-13)11-5-4-7-19-9-11/h4-10,13,16,20H,3H2,1-2H3,(H,21,24)(H,22,23,25). The minimum atomic E-state index is -0.820. The van der Waals surface area contributed by atoms with E-state index in [0.29, 0.717) is 5.00 Å². The maximum atomic E-state index is 12.8. The normalized spacial score (nSPS) is 21.1. The molecule has 3 amide bonds. The summed E-state index contributed by atoms with van der Waals surface area (Å²) in [4.78, 5) is 40.6. The van der Waals surface area contributed by atoms with Crippen LogP contribution in [0.3, 0.4) is 0 Å². The van der Waals surface area contributed by atoms with Crippen LogP contribution in [0.4, 0.5) is 9.80 Å². The summed E-state index contributed by atoms with van der Waals surface area (Å²) >= 11 is 2.72. The van der Waals surface area contributed by atoms with Crippen molar-refractivity contribution in [3.8, 4) is 0 Å². The van der Waals surface area contributed by atoms with Gasteiger partial charge < -0.3 is 10.1 Å². The lowest BCUT2D eigenvalue weighted by atomic mass is 10.2. The van der Waals surface area contributed by atoms with Gasteiger partial charge in [0.2, 0.25) is 5.91 Å². The third-order valence-corrected chi connectivity index (χ3v) is 6.46. The molecule has 148 valence electrons. The van der Waals surface area contributed by atoms with E-state index in [4.69, 9.17) is 4.74 Å². The molecule has 0 spiro atoms. The van der Waals surface area contributed by atoms with Crippen molar-refractivity contribution >= 4 is 46.0 Å². The van der Waals surface area contributed by atoms with Gasteiger partial charge in [0, 0.05) is 18.4 Å². The van der Waals surface area contributed by atoms with Crippen molar-refractivity contribution in [2.75, 3.05) is 11.9 Å². The summed E-state index contributed by atoms with van der Waals surface area (Å²) in [7, 11) is 0. The summed E-state index contributed by atoms with van der Waals surface area (Å²) in [5.41, 5.74) is 1.22. The number of amides is 3. The van der Waals surface area contributed by atoms with Crippen LogP contribution in [0.5, 0.6) is 0 Å². The molecule has 3 heterocycles. The molecule has 2 aromatic heterocycles. The minimum absolute atomic E-state index is 0.0330. The Labute approximate surface area is 170 Å². The Kier molecular flexibility index (Phi) is 6.65. The average Bonchev–Trinajstić information content (AvgIpc) is 3.29. The number of carbonyl (C=O) groups is 3. The second kappa shape index (κ2) is 9.18. The first kappa shape index (κ1) is 20.3. The maximum absolute atomic E-state index is 12.8. The molecule has 0 saturated carbocycles. The zero-order chi connectivity index (χ0) is 20.1. The largest absolute Gasteiger partial charge is 0.450 e. The second-order valence-corrected chi connectivity index (χ2v) is 8.17. The Morgan fingerprint density at radius 3 is 2.86 bits per heavy atom. The van der Waals surface area contributed by atoms with E-state index >= 15 is 0 Å². The van der Waals surface area contributed by atoms with Crippen molar-refractivity contribution in [3.63, 3.8) is 0 Å². The number of anilines is 1. The van der Waals surface area contributed by atoms with Crippen molar-refractivity contribution < 1.29 is 19.1 Å². The van der Waals surface area contributed by atoms with Gasteiger partial charge >= 0.3 is 6.09 Å². The molecule has 28 heavy (non-hydrogen) atoms. The number of alkyl carbamates (subject to hydrolysis) is 1. The lowest BCUT2D eigenvalue weighted by molar-refractivity contribution is -0.115. The van der Waals surface area contributed by atoms with Crippen molar-refractivity contribution in [3.05, 3.63) is 47.1 Å². The average molecular weight is 421 g/mol. The summed E-state index contributed by atoms with van der Waals surface area (Å²) in [6.07, 6.45) is 2.66. The van der Waals surface area contributed by atoms with E-state index in [0.717, 1.165) is 5.56 Å². The van der Waals surface area contributed by atoms with Crippen LogP contribution in [0.1, 0.15) is 35.1 Å². The van der Waals surface area contributed by atoms with Gasteiger partial charge in [-0.05, 0) is 36.9 Å². The highest BCUT2D eigenvalue weighted by Gasteiger charge is 2.37. The summed E-state index contributed by atoms with van der Waals surface area (Å²) in [6, 6.07) is 5.31. The van der Waals surface area contributed by atoms with Crippen LogP contribution in [-0.2, 0) is 9.53 Å². The highest BCUT2D eigenvalue weighted by Crippen LogP contribution is 2.38. The van der Waals surface area contributed by atoms with E-state index in [1.54, 1.807) is 30.8 Å². The van der Waals surface area contributed by atoms with Gasteiger partial charge in [0.05, 0.1) is 17.5 Å². The first-order valence-electron chi connectivity index (χ1n) is 8.67. The molecule has 1 aliphatic heterocycles. The Hall–Kier alpha value is -2.43. The molecule has 0 aromatic carbocycles. The zero-order valence-corrected chi connectivity index (χ0v) is 16.9. The van der Waals surface area contributed by atoms with E-state index in [2.05, 4.69) is 20.9 Å². The summed E-state index contributed by atoms with van der Waals surface area (Å²) in [5, 5.41) is 10.0. The molecule has 0 bridgehead atoms. The Bertz CT molecular complexity index is 858. The van der Waals surface area contributed by atoms with E-state index in [9.17, 15) is 14.4 Å². The molecule has 2 aromatic rings. The molecule has 10 heteroatoms. The van der Waals surface area contributed by atoms with Gasteiger partial charge in [-0.1, -0.05) is 6.07 Å². The molecule has 1 fully saturated rings. The number of imide groups is 1. The van der Waals surface area contributed by atoms with Crippen LogP contribution in [-0.4, -0.2) is 40.8 Å². The van der Waals surface area contributed by atoms with Crippen molar-refractivity contribution in [2.45, 2.75) is 30.5 Å². The van der Waals surface area contributed by atoms with Crippen LogP contribution in [0.15, 0.2) is 36.0 Å². The van der Waals surface area contributed by atoms with E-state index in [1.807, 2.05) is 19.1 Å².